The fraction of sp³-hybridized carbons (Fsp3) is 0. The molecule has 3 heteroatoms. The lowest BCUT2D eigenvalue weighted by Crippen LogP contribution is -1.94. The predicted octanol–water partition coefficient (Wildman–Crippen LogP) is 18.8. The summed E-state index contributed by atoms with van der Waals surface area (Å²) in [4.78, 5) is 0. The van der Waals surface area contributed by atoms with Gasteiger partial charge in [0.15, 0.2) is 0 Å². The molecule has 0 amide bonds. The smallest absolute Gasteiger partial charge is 0.143 e. The summed E-state index contributed by atoms with van der Waals surface area (Å²) in [5.41, 5.74) is 18.2. The molecule has 15 rings (SSSR count). The van der Waals surface area contributed by atoms with E-state index in [2.05, 4.69) is 252 Å². The SMILES string of the molecule is c1ccc(-c2cc3ccc(-c4ccc5c(c4)c4cc(-c6ccc7c(c6)c6ccccc6n7-c6ccccc6)ccc4n5-c4ccc(-c5cccc6c5oc5ccccc56)cc4)cc3c3ccccc23)cc1. The van der Waals surface area contributed by atoms with Crippen LogP contribution < -0.4 is 0 Å². The van der Waals surface area contributed by atoms with Gasteiger partial charge in [0, 0.05) is 49.3 Å². The first-order valence-electron chi connectivity index (χ1n) is 24.4. The molecule has 15 aromatic rings. The van der Waals surface area contributed by atoms with E-state index in [9.17, 15) is 0 Å². The maximum absolute atomic E-state index is 6.48. The van der Waals surface area contributed by atoms with Crippen LogP contribution in [0.5, 0.6) is 0 Å². The van der Waals surface area contributed by atoms with Gasteiger partial charge in [0.05, 0.1) is 22.1 Å². The summed E-state index contributed by atoms with van der Waals surface area (Å²) in [5, 5.41) is 12.2. The molecular formula is C68H42N2O. The Balaban J connectivity index is 0.906. The third-order valence-electron chi connectivity index (χ3n) is 14.9. The number of fused-ring (bicyclic) bond motifs is 12. The molecule has 3 heterocycles. The molecule has 3 aromatic heterocycles. The second kappa shape index (κ2) is 15.5. The quantitative estimate of drug-likeness (QED) is 0.153. The Labute approximate surface area is 409 Å². The van der Waals surface area contributed by atoms with Gasteiger partial charge in [-0.05, 0) is 145 Å². The molecule has 3 nitrogen and oxygen atoms in total. The third kappa shape index (κ3) is 6.16. The van der Waals surface area contributed by atoms with E-state index >= 15 is 0 Å². The molecular weight excluding hydrogens is 861 g/mol. The van der Waals surface area contributed by atoms with Crippen LogP contribution in [0, 0.1) is 0 Å². The highest BCUT2D eigenvalue weighted by Crippen LogP contribution is 2.42. The molecule has 0 saturated carbocycles. The number of hydrogen-bond donors (Lipinski definition) is 0. The van der Waals surface area contributed by atoms with Crippen molar-refractivity contribution in [3.63, 3.8) is 0 Å². The molecule has 12 aromatic carbocycles. The van der Waals surface area contributed by atoms with E-state index in [-0.39, 0.29) is 0 Å². The van der Waals surface area contributed by atoms with Crippen molar-refractivity contribution in [2.24, 2.45) is 0 Å². The highest BCUT2D eigenvalue weighted by Gasteiger charge is 2.19. The Morgan fingerprint density at radius 3 is 1.38 bits per heavy atom. The molecule has 0 fully saturated rings. The predicted molar refractivity (Wildman–Crippen MR) is 299 cm³/mol. The molecule has 0 aliphatic heterocycles. The van der Waals surface area contributed by atoms with Crippen LogP contribution in [-0.4, -0.2) is 9.13 Å². The molecule has 71 heavy (non-hydrogen) atoms. The highest BCUT2D eigenvalue weighted by atomic mass is 16.3. The van der Waals surface area contributed by atoms with Gasteiger partial charge < -0.3 is 13.6 Å². The molecule has 0 aliphatic carbocycles. The Kier molecular flexibility index (Phi) is 8.66. The number of benzene rings is 12. The van der Waals surface area contributed by atoms with Gasteiger partial charge in [0.2, 0.25) is 0 Å². The number of rotatable bonds is 6. The zero-order valence-corrected chi connectivity index (χ0v) is 38.6. The molecule has 0 radical (unpaired) electrons. The lowest BCUT2D eigenvalue weighted by molar-refractivity contribution is 0.670. The van der Waals surface area contributed by atoms with Crippen LogP contribution in [0.1, 0.15) is 0 Å². The van der Waals surface area contributed by atoms with Crippen molar-refractivity contribution < 1.29 is 4.42 Å². The summed E-state index contributed by atoms with van der Waals surface area (Å²) in [6, 6.07) is 93.1. The molecule has 0 saturated heterocycles. The van der Waals surface area contributed by atoms with Crippen LogP contribution in [0.15, 0.2) is 259 Å². The summed E-state index contributed by atoms with van der Waals surface area (Å²) < 4.78 is 11.3. The van der Waals surface area contributed by atoms with Gasteiger partial charge in [-0.2, -0.15) is 0 Å². The van der Waals surface area contributed by atoms with E-state index in [0.717, 1.165) is 55.5 Å². The highest BCUT2D eigenvalue weighted by molar-refractivity contribution is 6.17. The first kappa shape index (κ1) is 39.5. The molecule has 0 spiro atoms. The van der Waals surface area contributed by atoms with Crippen molar-refractivity contribution in [3.05, 3.63) is 255 Å². The Bertz CT molecular complexity index is 4610. The van der Waals surface area contributed by atoms with Crippen molar-refractivity contribution in [1.29, 1.82) is 0 Å². The van der Waals surface area contributed by atoms with Gasteiger partial charge in [-0.1, -0.05) is 170 Å². The van der Waals surface area contributed by atoms with Crippen LogP contribution in [0.4, 0.5) is 0 Å². The van der Waals surface area contributed by atoms with Crippen LogP contribution in [-0.2, 0) is 0 Å². The van der Waals surface area contributed by atoms with E-state index < -0.39 is 0 Å². The Hall–Kier alpha value is -9.44. The third-order valence-corrected chi connectivity index (χ3v) is 14.9. The summed E-state index contributed by atoms with van der Waals surface area (Å²) >= 11 is 0. The summed E-state index contributed by atoms with van der Waals surface area (Å²) in [6.07, 6.45) is 0. The van der Waals surface area contributed by atoms with E-state index in [1.807, 2.05) is 12.1 Å². The molecule has 0 atom stereocenters. The van der Waals surface area contributed by atoms with Crippen molar-refractivity contribution in [3.8, 4) is 55.9 Å². The van der Waals surface area contributed by atoms with Gasteiger partial charge in [-0.15, -0.1) is 0 Å². The number of aromatic nitrogens is 2. The normalized spacial score (nSPS) is 11.9. The summed E-state index contributed by atoms with van der Waals surface area (Å²) in [6.45, 7) is 0. The maximum atomic E-state index is 6.48. The minimum atomic E-state index is 0.906. The Morgan fingerprint density at radius 2 is 0.704 bits per heavy atom. The summed E-state index contributed by atoms with van der Waals surface area (Å²) in [7, 11) is 0. The van der Waals surface area contributed by atoms with Crippen molar-refractivity contribution in [2.75, 3.05) is 0 Å². The van der Waals surface area contributed by atoms with Gasteiger partial charge in [-0.3, -0.25) is 0 Å². The van der Waals surface area contributed by atoms with E-state index in [0.29, 0.717) is 0 Å². The fourth-order valence-electron chi connectivity index (χ4n) is 11.6. The van der Waals surface area contributed by atoms with Gasteiger partial charge in [-0.25, -0.2) is 0 Å². The van der Waals surface area contributed by atoms with Crippen LogP contribution in [0.2, 0.25) is 0 Å². The molecule has 0 bridgehead atoms. The van der Waals surface area contributed by atoms with Crippen molar-refractivity contribution in [1.82, 2.24) is 9.13 Å². The van der Waals surface area contributed by atoms with E-state index in [4.69, 9.17) is 4.42 Å². The lowest BCUT2D eigenvalue weighted by Gasteiger charge is -2.13. The van der Waals surface area contributed by atoms with Gasteiger partial charge in [0.25, 0.3) is 0 Å². The van der Waals surface area contributed by atoms with Crippen LogP contribution >= 0.6 is 0 Å². The molecule has 330 valence electrons. The molecule has 0 N–H and O–H groups in total. The fourth-order valence-corrected chi connectivity index (χ4v) is 11.6. The average molecular weight is 903 g/mol. The maximum Gasteiger partial charge on any atom is 0.143 e. The summed E-state index contributed by atoms with van der Waals surface area (Å²) in [5.74, 6) is 0. The number of nitrogens with zero attached hydrogens (tertiary/aromatic N) is 2. The minimum Gasteiger partial charge on any atom is -0.455 e. The molecule has 0 unspecified atom stereocenters. The van der Waals surface area contributed by atoms with Gasteiger partial charge >= 0.3 is 0 Å². The first-order chi connectivity index (χ1) is 35.2. The number of para-hydroxylation sites is 4. The number of hydrogen-bond acceptors (Lipinski definition) is 1. The average Bonchev–Trinajstić information content (AvgIpc) is 4.10. The zero-order chi connectivity index (χ0) is 46.6. The molecule has 0 aliphatic rings. The topological polar surface area (TPSA) is 23.0 Å². The second-order valence-electron chi connectivity index (χ2n) is 18.8. The standard InChI is InChI=1S/C68H42N2O/c1-3-14-43(15-4-1)58-42-49-27-26-45(38-59(49)54-19-8-7-18-53(54)58)47-31-36-65-61(40-47)62-41-48(46-30-35-64-60(39-46)55-20-9-11-24-63(55)69(64)50-16-5-2-6-17-50)32-37-66(62)70(65)51-33-28-44(29-34-51)52-22-13-23-57-56-21-10-12-25-67(56)71-68(52)57/h1-42H. The Morgan fingerprint density at radius 1 is 0.239 bits per heavy atom. The second-order valence-corrected chi connectivity index (χ2v) is 18.8. The zero-order valence-electron chi connectivity index (χ0n) is 38.6. The van der Waals surface area contributed by atoms with Crippen molar-refractivity contribution in [2.45, 2.75) is 0 Å². The largest absolute Gasteiger partial charge is 0.455 e. The monoisotopic (exact) mass is 902 g/mol. The minimum absolute atomic E-state index is 0.906. The van der Waals surface area contributed by atoms with Crippen LogP contribution in [0.25, 0.3) is 143 Å². The van der Waals surface area contributed by atoms with Crippen molar-refractivity contribution >= 4 is 87.1 Å². The van der Waals surface area contributed by atoms with E-state index in [1.54, 1.807) is 0 Å². The lowest BCUT2D eigenvalue weighted by atomic mass is 9.91. The first-order valence-corrected chi connectivity index (χ1v) is 24.4. The van der Waals surface area contributed by atoms with Gasteiger partial charge in [0.1, 0.15) is 11.2 Å². The number of furan rings is 1. The van der Waals surface area contributed by atoms with E-state index in [1.165, 1.54) is 87.5 Å². The van der Waals surface area contributed by atoms with Crippen LogP contribution in [0.3, 0.4) is 0 Å².